The lowest BCUT2D eigenvalue weighted by Crippen LogP contribution is -2.62. The summed E-state index contributed by atoms with van der Waals surface area (Å²) in [7, 11) is 0. The zero-order valence-corrected chi connectivity index (χ0v) is 18.8. The topological polar surface area (TPSA) is 60.9 Å². The summed E-state index contributed by atoms with van der Waals surface area (Å²) in [6.45, 7) is 0.131. The number of amides is 2. The molecule has 2 heterocycles. The monoisotopic (exact) mass is 461 g/mol. The fraction of sp³-hybridized carbons (Fsp3) is 0.259. The van der Waals surface area contributed by atoms with Gasteiger partial charge in [-0.1, -0.05) is 43.2 Å². The predicted molar refractivity (Wildman–Crippen MR) is 129 cm³/mol. The van der Waals surface area contributed by atoms with Crippen LogP contribution in [0.3, 0.4) is 0 Å². The summed E-state index contributed by atoms with van der Waals surface area (Å²) < 4.78 is 31.0. The number of rotatable bonds is 6. The van der Waals surface area contributed by atoms with Crippen LogP contribution >= 0.6 is 0 Å². The molecule has 2 unspecified atom stereocenters. The minimum Gasteiger partial charge on any atom is -0.318 e. The smallest absolute Gasteiger partial charge is 0.318 e. The molecule has 2 atom stereocenters. The number of benzene rings is 2. The van der Waals surface area contributed by atoms with Crippen molar-refractivity contribution in [1.29, 1.82) is 0 Å². The molecule has 1 fully saturated rings. The number of nitrogens with two attached hydrogens (primary N) is 1. The summed E-state index contributed by atoms with van der Waals surface area (Å²) in [5.41, 5.74) is 7.82. The molecule has 2 amide bonds. The van der Waals surface area contributed by atoms with Crippen LogP contribution in [0.5, 0.6) is 0 Å². The van der Waals surface area contributed by atoms with Gasteiger partial charge in [0.05, 0.1) is 0 Å². The molecule has 2 aromatic carbocycles. The van der Waals surface area contributed by atoms with Crippen LogP contribution < -0.4 is 10.2 Å². The van der Waals surface area contributed by atoms with Gasteiger partial charge in [0.25, 0.3) is 0 Å². The number of halogens is 2. The van der Waals surface area contributed by atoms with Gasteiger partial charge in [-0.25, -0.2) is 18.6 Å². The lowest BCUT2D eigenvalue weighted by molar-refractivity contribution is 0.109. The molecule has 0 radical (unpaired) electrons. The number of primary amides is 1. The van der Waals surface area contributed by atoms with Gasteiger partial charge < -0.3 is 5.73 Å². The van der Waals surface area contributed by atoms with E-state index in [-0.39, 0.29) is 18.2 Å². The van der Waals surface area contributed by atoms with Gasteiger partial charge in [-0.3, -0.25) is 4.57 Å². The van der Waals surface area contributed by atoms with Crippen molar-refractivity contribution in [3.05, 3.63) is 96.3 Å². The molecular weight excluding hydrogens is 434 g/mol. The molecule has 0 bridgehead atoms. The Bertz CT molecular complexity index is 1320. The molecule has 7 heteroatoms. The van der Waals surface area contributed by atoms with E-state index >= 15 is 4.39 Å². The van der Waals surface area contributed by atoms with E-state index in [0.29, 0.717) is 5.65 Å². The van der Waals surface area contributed by atoms with E-state index in [2.05, 4.69) is 4.98 Å². The summed E-state index contributed by atoms with van der Waals surface area (Å²) in [4.78, 5) is 18.2. The van der Waals surface area contributed by atoms with Crippen LogP contribution in [0, 0.1) is 17.6 Å². The summed E-state index contributed by atoms with van der Waals surface area (Å²) in [5, 5.41) is 0.923. The van der Waals surface area contributed by atoms with Crippen LogP contribution in [0.25, 0.3) is 11.0 Å². The quantitative estimate of drug-likeness (QED) is 0.343. The largest absolute Gasteiger partial charge is 0.421 e. The highest BCUT2D eigenvalue weighted by molar-refractivity contribution is 5.87. The van der Waals surface area contributed by atoms with Gasteiger partial charge in [-0.05, 0) is 37.1 Å². The third-order valence-electron chi connectivity index (χ3n) is 7.04. The van der Waals surface area contributed by atoms with E-state index in [1.54, 1.807) is 6.20 Å². The highest BCUT2D eigenvalue weighted by Crippen LogP contribution is 2.46. The molecule has 1 aliphatic carbocycles. The van der Waals surface area contributed by atoms with Crippen molar-refractivity contribution >= 4 is 22.8 Å². The van der Waals surface area contributed by atoms with Gasteiger partial charge in [-0.2, -0.15) is 4.48 Å². The van der Waals surface area contributed by atoms with E-state index in [0.717, 1.165) is 42.7 Å². The second-order valence-electron chi connectivity index (χ2n) is 9.04. The Hall–Kier alpha value is -3.58. The Labute approximate surface area is 197 Å². The number of carbonyl (C=O) groups is 1. The van der Waals surface area contributed by atoms with Gasteiger partial charge >= 0.3 is 6.03 Å². The third kappa shape index (κ3) is 3.76. The molecule has 4 aromatic rings. The average molecular weight is 462 g/mol. The maximum Gasteiger partial charge on any atom is 0.421 e. The van der Waals surface area contributed by atoms with Gasteiger partial charge in [-0.15, -0.1) is 0 Å². The number of hydrogen-bond acceptors (Lipinski definition) is 2. The first kappa shape index (κ1) is 22.2. The molecule has 0 spiro atoms. The third-order valence-corrected chi connectivity index (χ3v) is 7.04. The Balaban J connectivity index is 1.82. The SMILES string of the molecule is NC(=O)[N+](Cc1ccccc1)(c1ccc(F)cc1F)C(C1CCCC1)n1ccc2cccnc21. The number of nitrogens with zero attached hydrogens (tertiary/aromatic N) is 3. The lowest BCUT2D eigenvalue weighted by atomic mass is 9.97. The van der Waals surface area contributed by atoms with E-state index in [1.807, 2.05) is 59.3 Å². The molecule has 34 heavy (non-hydrogen) atoms. The van der Waals surface area contributed by atoms with Crippen LogP contribution in [0.15, 0.2) is 79.1 Å². The fourth-order valence-corrected chi connectivity index (χ4v) is 5.58. The van der Waals surface area contributed by atoms with E-state index in [9.17, 15) is 9.18 Å². The maximum atomic E-state index is 15.5. The average Bonchev–Trinajstić information content (AvgIpc) is 3.50. The van der Waals surface area contributed by atoms with Gasteiger partial charge in [0.2, 0.25) is 0 Å². The Morgan fingerprint density at radius 1 is 1.06 bits per heavy atom. The number of hydrogen-bond donors (Lipinski definition) is 1. The van der Waals surface area contributed by atoms with Gasteiger partial charge in [0, 0.05) is 41.4 Å². The first-order chi connectivity index (χ1) is 16.5. The Morgan fingerprint density at radius 2 is 1.82 bits per heavy atom. The van der Waals surface area contributed by atoms with Gasteiger partial charge in [0.15, 0.2) is 17.7 Å². The summed E-state index contributed by atoms with van der Waals surface area (Å²) in [6.07, 6.45) is 6.85. The highest BCUT2D eigenvalue weighted by atomic mass is 19.1. The standard InChI is InChI=1S/C27H26F2N4O/c28-22-12-13-24(23(29)17-22)33(27(30)34,18-19-7-2-1-3-8-19)26(21-9-4-5-10-21)32-16-14-20-11-6-15-31-25(20)32/h1-3,6-8,11-17,21,26H,4-5,9-10,18H2,(H-,30,34)/p+1. The van der Waals surface area contributed by atoms with Crippen LogP contribution in [0.1, 0.15) is 37.4 Å². The molecule has 5 nitrogen and oxygen atoms in total. The van der Waals surface area contributed by atoms with E-state index < -0.39 is 28.3 Å². The lowest BCUT2D eigenvalue weighted by Gasteiger charge is -2.43. The van der Waals surface area contributed by atoms with E-state index in [4.69, 9.17) is 5.73 Å². The van der Waals surface area contributed by atoms with Crippen molar-refractivity contribution in [2.75, 3.05) is 0 Å². The van der Waals surface area contributed by atoms with Crippen molar-refractivity contribution in [3.8, 4) is 0 Å². The Kier molecular flexibility index (Phi) is 5.87. The van der Waals surface area contributed by atoms with Crippen LogP contribution in [0.2, 0.25) is 0 Å². The number of fused-ring (bicyclic) bond motifs is 1. The molecule has 0 aliphatic heterocycles. The highest BCUT2D eigenvalue weighted by Gasteiger charge is 2.52. The number of pyridine rings is 1. The zero-order valence-electron chi connectivity index (χ0n) is 18.8. The number of urea groups is 1. The first-order valence-electron chi connectivity index (χ1n) is 11.6. The summed E-state index contributed by atoms with van der Waals surface area (Å²) in [6, 6.07) is 17.9. The molecular formula is C27H27F2N4O+. The molecule has 2 aromatic heterocycles. The summed E-state index contributed by atoms with van der Waals surface area (Å²) >= 11 is 0. The first-order valence-corrected chi connectivity index (χ1v) is 11.6. The van der Waals surface area contributed by atoms with Crippen molar-refractivity contribution in [2.45, 2.75) is 38.4 Å². The maximum absolute atomic E-state index is 15.5. The van der Waals surface area contributed by atoms with Crippen molar-refractivity contribution in [1.82, 2.24) is 14.0 Å². The molecule has 0 saturated heterocycles. The van der Waals surface area contributed by atoms with Crippen molar-refractivity contribution in [3.63, 3.8) is 0 Å². The second-order valence-corrected chi connectivity index (χ2v) is 9.04. The van der Waals surface area contributed by atoms with Gasteiger partial charge in [0.1, 0.15) is 18.0 Å². The number of quaternary nitrogens is 1. The van der Waals surface area contributed by atoms with Crippen molar-refractivity contribution in [2.24, 2.45) is 11.7 Å². The number of carbonyl (C=O) groups excluding carboxylic acids is 1. The second kappa shape index (κ2) is 8.99. The number of aromatic nitrogens is 2. The Morgan fingerprint density at radius 3 is 2.53 bits per heavy atom. The molecule has 2 N–H and O–H groups in total. The van der Waals surface area contributed by atoms with Crippen LogP contribution in [-0.4, -0.2) is 15.6 Å². The van der Waals surface area contributed by atoms with Crippen LogP contribution in [-0.2, 0) is 6.54 Å². The molecule has 1 aliphatic rings. The van der Waals surface area contributed by atoms with E-state index in [1.165, 1.54) is 12.1 Å². The minimum atomic E-state index is -0.790. The normalized spacial score (nSPS) is 17.0. The molecule has 1 saturated carbocycles. The van der Waals surface area contributed by atoms with Crippen molar-refractivity contribution < 1.29 is 13.6 Å². The fourth-order valence-electron chi connectivity index (χ4n) is 5.58. The summed E-state index contributed by atoms with van der Waals surface area (Å²) in [5.74, 6) is -1.44. The van der Waals surface area contributed by atoms with Crippen LogP contribution in [0.4, 0.5) is 19.3 Å². The minimum absolute atomic E-state index is 0.0540. The predicted octanol–water partition coefficient (Wildman–Crippen LogP) is 6.29. The molecule has 5 rings (SSSR count). The molecule has 174 valence electrons. The zero-order chi connectivity index (χ0) is 23.7.